The van der Waals surface area contributed by atoms with E-state index in [0.29, 0.717) is 0 Å². The summed E-state index contributed by atoms with van der Waals surface area (Å²) < 4.78 is 39.7. The van der Waals surface area contributed by atoms with Gasteiger partial charge in [-0.15, -0.1) is 0 Å². The van der Waals surface area contributed by atoms with Crippen LogP contribution in [0.1, 0.15) is 17.2 Å². The summed E-state index contributed by atoms with van der Waals surface area (Å²) >= 11 is 5.87. The van der Waals surface area contributed by atoms with Gasteiger partial charge in [-0.3, -0.25) is 0 Å². The first-order valence-electron chi connectivity index (χ1n) is 5.14. The molecule has 18 heavy (non-hydrogen) atoms. The number of halogens is 4. The molecule has 2 aromatic carbocycles. The first kappa shape index (κ1) is 12.9. The van der Waals surface area contributed by atoms with Crippen molar-refractivity contribution in [3.05, 3.63) is 70.0 Å². The lowest BCUT2D eigenvalue weighted by Gasteiger charge is -2.15. The van der Waals surface area contributed by atoms with E-state index in [-0.39, 0.29) is 16.1 Å². The highest BCUT2D eigenvalue weighted by Crippen LogP contribution is 2.29. The van der Waals surface area contributed by atoms with Crippen molar-refractivity contribution in [3.63, 3.8) is 0 Å². The zero-order valence-corrected chi connectivity index (χ0v) is 9.89. The molecule has 2 N–H and O–H groups in total. The third-order valence-corrected chi connectivity index (χ3v) is 2.93. The molecule has 0 aliphatic heterocycles. The fraction of sp³-hybridized carbons (Fsp3) is 0.0769. The van der Waals surface area contributed by atoms with E-state index in [4.69, 9.17) is 17.3 Å². The summed E-state index contributed by atoms with van der Waals surface area (Å²) in [6, 6.07) is 5.50. The van der Waals surface area contributed by atoms with E-state index < -0.39 is 23.5 Å². The molecule has 1 nitrogen and oxygen atoms in total. The van der Waals surface area contributed by atoms with Crippen LogP contribution in [0.2, 0.25) is 5.02 Å². The number of rotatable bonds is 2. The summed E-state index contributed by atoms with van der Waals surface area (Å²) in [4.78, 5) is 0. The fourth-order valence-corrected chi connectivity index (χ4v) is 1.91. The molecule has 2 rings (SSSR count). The summed E-state index contributed by atoms with van der Waals surface area (Å²) in [6.45, 7) is 0. The molecule has 5 heteroatoms. The second-order valence-electron chi connectivity index (χ2n) is 3.81. The molecule has 0 bridgehead atoms. The Hall–Kier alpha value is -1.52. The number of nitrogens with two attached hydrogens (primary N) is 1. The quantitative estimate of drug-likeness (QED) is 0.883. The van der Waals surface area contributed by atoms with Crippen molar-refractivity contribution in [2.24, 2.45) is 5.73 Å². The predicted molar refractivity (Wildman–Crippen MR) is 63.8 cm³/mol. The van der Waals surface area contributed by atoms with E-state index in [2.05, 4.69) is 0 Å². The molecule has 0 amide bonds. The monoisotopic (exact) mass is 271 g/mol. The van der Waals surface area contributed by atoms with Gasteiger partial charge in [0.1, 0.15) is 17.5 Å². The van der Waals surface area contributed by atoms with Crippen LogP contribution in [0.5, 0.6) is 0 Å². The Labute approximate surface area is 107 Å². The molecule has 0 aliphatic rings. The average Bonchev–Trinajstić information content (AvgIpc) is 2.34. The molecule has 94 valence electrons. The van der Waals surface area contributed by atoms with Crippen LogP contribution in [0.25, 0.3) is 0 Å². The molecule has 0 aromatic heterocycles. The van der Waals surface area contributed by atoms with Gasteiger partial charge in [-0.05, 0) is 42.0 Å². The van der Waals surface area contributed by atoms with E-state index in [0.717, 1.165) is 24.3 Å². The van der Waals surface area contributed by atoms with Crippen molar-refractivity contribution < 1.29 is 13.2 Å². The Balaban J connectivity index is 2.50. The zero-order chi connectivity index (χ0) is 13.3. The number of hydrogen-bond acceptors (Lipinski definition) is 1. The smallest absolute Gasteiger partial charge is 0.128 e. The normalized spacial score (nSPS) is 12.5. The molecule has 0 fully saturated rings. The van der Waals surface area contributed by atoms with Gasteiger partial charge in [0.25, 0.3) is 0 Å². The third-order valence-electron chi connectivity index (χ3n) is 2.59. The standard InChI is InChI=1S/C13H9ClF3N/c14-11-3-1-7(15)5-9(11)13(18)10-6-8(16)2-4-12(10)17/h1-6,13H,18H2. The topological polar surface area (TPSA) is 26.0 Å². The van der Waals surface area contributed by atoms with Crippen molar-refractivity contribution >= 4 is 11.6 Å². The van der Waals surface area contributed by atoms with E-state index in [1.807, 2.05) is 0 Å². The maximum absolute atomic E-state index is 13.6. The van der Waals surface area contributed by atoms with Gasteiger partial charge in [0.2, 0.25) is 0 Å². The highest BCUT2D eigenvalue weighted by molar-refractivity contribution is 6.31. The highest BCUT2D eigenvalue weighted by atomic mass is 35.5. The first-order chi connectivity index (χ1) is 8.49. The van der Waals surface area contributed by atoms with Gasteiger partial charge in [-0.25, -0.2) is 13.2 Å². The second-order valence-corrected chi connectivity index (χ2v) is 4.22. The molecule has 0 heterocycles. The SMILES string of the molecule is NC(c1cc(F)ccc1F)c1cc(F)ccc1Cl. The second kappa shape index (κ2) is 5.00. The van der Waals surface area contributed by atoms with Crippen LogP contribution in [0, 0.1) is 17.5 Å². The molecule has 0 saturated heterocycles. The van der Waals surface area contributed by atoms with E-state index in [1.165, 1.54) is 12.1 Å². The largest absolute Gasteiger partial charge is 0.320 e. The zero-order valence-electron chi connectivity index (χ0n) is 9.13. The third kappa shape index (κ3) is 2.49. The van der Waals surface area contributed by atoms with Crippen LogP contribution >= 0.6 is 11.6 Å². The lowest BCUT2D eigenvalue weighted by Crippen LogP contribution is -2.14. The maximum atomic E-state index is 13.6. The van der Waals surface area contributed by atoms with Gasteiger partial charge in [-0.2, -0.15) is 0 Å². The lowest BCUT2D eigenvalue weighted by atomic mass is 9.99. The molecular weight excluding hydrogens is 263 g/mol. The number of hydrogen-bond donors (Lipinski definition) is 1. The van der Waals surface area contributed by atoms with Crippen LogP contribution in [0.3, 0.4) is 0 Å². The van der Waals surface area contributed by atoms with Gasteiger partial charge in [0.15, 0.2) is 0 Å². The number of benzene rings is 2. The van der Waals surface area contributed by atoms with Crippen molar-refractivity contribution in [1.29, 1.82) is 0 Å². The van der Waals surface area contributed by atoms with Crippen molar-refractivity contribution in [1.82, 2.24) is 0 Å². The summed E-state index contributed by atoms with van der Waals surface area (Å²) in [7, 11) is 0. The van der Waals surface area contributed by atoms with Crippen molar-refractivity contribution in [3.8, 4) is 0 Å². The molecule has 1 unspecified atom stereocenters. The molecule has 0 radical (unpaired) electrons. The minimum Gasteiger partial charge on any atom is -0.320 e. The summed E-state index contributed by atoms with van der Waals surface area (Å²) in [5, 5.41) is 0.201. The Morgan fingerprint density at radius 3 is 2.11 bits per heavy atom. The molecule has 2 aromatic rings. The van der Waals surface area contributed by atoms with Crippen molar-refractivity contribution in [2.45, 2.75) is 6.04 Å². The summed E-state index contributed by atoms with van der Waals surface area (Å²) in [6.07, 6.45) is 0. The summed E-state index contributed by atoms with van der Waals surface area (Å²) in [5.41, 5.74) is 5.94. The molecule has 1 atom stereocenters. The minimum atomic E-state index is -1.02. The van der Waals surface area contributed by atoms with Crippen molar-refractivity contribution in [2.75, 3.05) is 0 Å². The van der Waals surface area contributed by atoms with Crippen LogP contribution < -0.4 is 5.73 Å². The van der Waals surface area contributed by atoms with Gasteiger partial charge in [-0.1, -0.05) is 11.6 Å². The molecule has 0 aliphatic carbocycles. The van der Waals surface area contributed by atoms with Gasteiger partial charge in [0, 0.05) is 10.6 Å². The van der Waals surface area contributed by atoms with Crippen LogP contribution in [-0.2, 0) is 0 Å². The van der Waals surface area contributed by atoms with Crippen LogP contribution in [0.15, 0.2) is 36.4 Å². The van der Waals surface area contributed by atoms with E-state index >= 15 is 0 Å². The first-order valence-corrected chi connectivity index (χ1v) is 5.52. The van der Waals surface area contributed by atoms with E-state index in [9.17, 15) is 13.2 Å². The Morgan fingerprint density at radius 1 is 0.889 bits per heavy atom. The maximum Gasteiger partial charge on any atom is 0.128 e. The van der Waals surface area contributed by atoms with Gasteiger partial charge >= 0.3 is 0 Å². The van der Waals surface area contributed by atoms with E-state index in [1.54, 1.807) is 0 Å². The van der Waals surface area contributed by atoms with Crippen LogP contribution in [0.4, 0.5) is 13.2 Å². The Morgan fingerprint density at radius 2 is 1.44 bits per heavy atom. The summed E-state index contributed by atoms with van der Waals surface area (Å²) in [5.74, 6) is -1.82. The molecule has 0 saturated carbocycles. The lowest BCUT2D eigenvalue weighted by molar-refractivity contribution is 0.575. The predicted octanol–water partition coefficient (Wildman–Crippen LogP) is 3.81. The van der Waals surface area contributed by atoms with Gasteiger partial charge in [0.05, 0.1) is 6.04 Å². The highest BCUT2D eigenvalue weighted by Gasteiger charge is 2.17. The molecular formula is C13H9ClF3N. The Bertz CT molecular complexity index is 535. The van der Waals surface area contributed by atoms with Gasteiger partial charge < -0.3 is 5.73 Å². The van der Waals surface area contributed by atoms with Crippen LogP contribution in [-0.4, -0.2) is 0 Å². The minimum absolute atomic E-state index is 0.0671. The Kier molecular flexibility index (Phi) is 3.59. The average molecular weight is 272 g/mol. The molecule has 0 spiro atoms. The fourth-order valence-electron chi connectivity index (χ4n) is 1.67.